The van der Waals surface area contributed by atoms with Gasteiger partial charge in [-0.3, -0.25) is 4.79 Å². The van der Waals surface area contributed by atoms with Crippen LogP contribution >= 0.6 is 0 Å². The maximum absolute atomic E-state index is 10.3. The molecule has 1 rings (SSSR count). The van der Waals surface area contributed by atoms with Crippen LogP contribution in [0.15, 0.2) is 0 Å². The van der Waals surface area contributed by atoms with Crippen LogP contribution in [0.3, 0.4) is 0 Å². The van der Waals surface area contributed by atoms with Gasteiger partial charge in [-0.2, -0.15) is 0 Å². The highest BCUT2D eigenvalue weighted by Crippen LogP contribution is 2.14. The minimum Gasteiger partial charge on any atom is -0.481 e. The highest BCUT2D eigenvalue weighted by atomic mass is 16.4. The number of hydrogen-bond acceptors (Lipinski definition) is 2. The number of rotatable bonds is 14. The van der Waals surface area contributed by atoms with E-state index in [0.29, 0.717) is 12.5 Å². The van der Waals surface area contributed by atoms with Gasteiger partial charge in [0.2, 0.25) is 0 Å². The van der Waals surface area contributed by atoms with Crippen LogP contribution in [0.2, 0.25) is 0 Å². The van der Waals surface area contributed by atoms with Crippen LogP contribution in [0.25, 0.3) is 0 Å². The van der Waals surface area contributed by atoms with Crippen molar-refractivity contribution in [1.29, 1.82) is 0 Å². The summed E-state index contributed by atoms with van der Waals surface area (Å²) in [6.07, 6.45) is 19.8. The molecule has 0 heterocycles. The first kappa shape index (κ1) is 21.4. The van der Waals surface area contributed by atoms with Crippen LogP contribution in [0.4, 0.5) is 0 Å². The monoisotopic (exact) mass is 313 g/mol. The molecule has 0 atom stereocenters. The molecule has 0 spiro atoms. The molecule has 132 valence electrons. The summed E-state index contributed by atoms with van der Waals surface area (Å²) in [5, 5.41) is 8.49. The van der Waals surface area contributed by atoms with Gasteiger partial charge >= 0.3 is 5.97 Å². The molecule has 1 aliphatic carbocycles. The molecule has 0 aliphatic heterocycles. The van der Waals surface area contributed by atoms with Crippen molar-refractivity contribution in [3.05, 3.63) is 0 Å². The van der Waals surface area contributed by atoms with E-state index in [1.165, 1.54) is 83.5 Å². The average molecular weight is 314 g/mol. The maximum Gasteiger partial charge on any atom is 0.303 e. The Kier molecular flexibility index (Phi) is 16.4. The third-order valence-corrected chi connectivity index (χ3v) is 4.12. The van der Waals surface area contributed by atoms with E-state index in [1.807, 2.05) is 0 Å². The maximum atomic E-state index is 10.3. The predicted octanol–water partition coefficient (Wildman–Crippen LogP) is 5.66. The summed E-state index contributed by atoms with van der Waals surface area (Å²) in [7, 11) is 0. The standard InChI is InChI=1S/C16H32O2.C3H7N/c1-2-3-4-5-6-7-8-9-10-11-12-13-14-15-16(17)18;4-3-1-2-3/h2-15H2,1H3,(H,17,18);3H,1-2,4H2. The van der Waals surface area contributed by atoms with E-state index in [0.717, 1.165) is 12.8 Å². The lowest BCUT2D eigenvalue weighted by Crippen LogP contribution is -1.94. The van der Waals surface area contributed by atoms with Crippen LogP contribution in [-0.2, 0) is 4.79 Å². The van der Waals surface area contributed by atoms with Gasteiger partial charge in [-0.05, 0) is 19.3 Å². The number of aliphatic carboxylic acids is 1. The SMILES string of the molecule is CCCCCCCCCCCCCCCC(=O)O.NC1CC1. The molecule has 0 amide bonds. The van der Waals surface area contributed by atoms with Crippen molar-refractivity contribution in [2.75, 3.05) is 0 Å². The number of unbranched alkanes of at least 4 members (excludes halogenated alkanes) is 12. The summed E-state index contributed by atoms with van der Waals surface area (Å²) in [6.45, 7) is 2.26. The van der Waals surface area contributed by atoms with E-state index in [2.05, 4.69) is 6.92 Å². The Morgan fingerprint density at radius 3 is 1.41 bits per heavy atom. The smallest absolute Gasteiger partial charge is 0.303 e. The number of nitrogens with two attached hydrogens (primary N) is 1. The summed E-state index contributed by atoms with van der Waals surface area (Å²) in [4.78, 5) is 10.3. The second kappa shape index (κ2) is 16.8. The van der Waals surface area contributed by atoms with Gasteiger partial charge in [-0.15, -0.1) is 0 Å². The molecule has 1 fully saturated rings. The van der Waals surface area contributed by atoms with E-state index >= 15 is 0 Å². The van der Waals surface area contributed by atoms with E-state index < -0.39 is 5.97 Å². The fourth-order valence-electron chi connectivity index (χ4n) is 2.39. The molecule has 1 aliphatic rings. The van der Waals surface area contributed by atoms with Gasteiger partial charge < -0.3 is 10.8 Å². The van der Waals surface area contributed by atoms with Crippen molar-refractivity contribution in [2.24, 2.45) is 5.73 Å². The Labute approximate surface area is 138 Å². The number of carbonyl (C=O) groups is 1. The van der Waals surface area contributed by atoms with Crippen LogP contribution in [0, 0.1) is 0 Å². The van der Waals surface area contributed by atoms with Crippen molar-refractivity contribution >= 4 is 5.97 Å². The van der Waals surface area contributed by atoms with Gasteiger partial charge in [0.15, 0.2) is 0 Å². The van der Waals surface area contributed by atoms with Crippen molar-refractivity contribution < 1.29 is 9.90 Å². The normalized spacial score (nSPS) is 13.5. The lowest BCUT2D eigenvalue weighted by molar-refractivity contribution is -0.137. The zero-order chi connectivity index (χ0) is 16.5. The van der Waals surface area contributed by atoms with E-state index in [-0.39, 0.29) is 0 Å². The van der Waals surface area contributed by atoms with Crippen LogP contribution < -0.4 is 5.73 Å². The van der Waals surface area contributed by atoms with Crippen molar-refractivity contribution in [1.82, 2.24) is 0 Å². The first-order valence-electron chi connectivity index (χ1n) is 9.64. The minimum absolute atomic E-state index is 0.345. The molecule has 0 aromatic rings. The molecule has 0 saturated heterocycles. The lowest BCUT2D eigenvalue weighted by Gasteiger charge is -2.02. The Morgan fingerprint density at radius 1 is 0.818 bits per heavy atom. The third-order valence-electron chi connectivity index (χ3n) is 4.12. The minimum atomic E-state index is -0.655. The fraction of sp³-hybridized carbons (Fsp3) is 0.947. The highest BCUT2D eigenvalue weighted by molar-refractivity contribution is 5.66. The highest BCUT2D eigenvalue weighted by Gasteiger charge is 2.13. The first-order valence-corrected chi connectivity index (χ1v) is 9.64. The van der Waals surface area contributed by atoms with Crippen LogP contribution in [0.1, 0.15) is 110 Å². The van der Waals surface area contributed by atoms with Gasteiger partial charge in [0, 0.05) is 12.5 Å². The van der Waals surface area contributed by atoms with Crippen molar-refractivity contribution in [2.45, 2.75) is 116 Å². The predicted molar refractivity (Wildman–Crippen MR) is 95.2 cm³/mol. The van der Waals surface area contributed by atoms with Crippen molar-refractivity contribution in [3.8, 4) is 0 Å². The molecule has 0 unspecified atom stereocenters. The van der Waals surface area contributed by atoms with E-state index in [1.54, 1.807) is 0 Å². The molecule has 0 aromatic carbocycles. The Balaban J connectivity index is 0.000000939. The quantitative estimate of drug-likeness (QED) is 0.407. The van der Waals surface area contributed by atoms with E-state index in [9.17, 15) is 4.79 Å². The first-order chi connectivity index (χ1) is 10.7. The topological polar surface area (TPSA) is 63.3 Å². The number of carboxylic acid groups (broad SMARTS) is 1. The Morgan fingerprint density at radius 2 is 1.14 bits per heavy atom. The summed E-state index contributed by atoms with van der Waals surface area (Å²) < 4.78 is 0. The van der Waals surface area contributed by atoms with Gasteiger partial charge in [0.1, 0.15) is 0 Å². The Hall–Kier alpha value is -0.570. The van der Waals surface area contributed by atoms with Crippen LogP contribution in [0.5, 0.6) is 0 Å². The van der Waals surface area contributed by atoms with Crippen LogP contribution in [-0.4, -0.2) is 17.1 Å². The average Bonchev–Trinajstić information content (AvgIpc) is 3.26. The zero-order valence-electron chi connectivity index (χ0n) is 14.8. The lowest BCUT2D eigenvalue weighted by atomic mass is 10.0. The molecule has 3 heteroatoms. The van der Waals surface area contributed by atoms with Gasteiger partial charge in [0.25, 0.3) is 0 Å². The number of hydrogen-bond donors (Lipinski definition) is 2. The Bertz CT molecular complexity index is 240. The summed E-state index contributed by atoms with van der Waals surface area (Å²) in [5.74, 6) is -0.655. The largest absolute Gasteiger partial charge is 0.481 e. The van der Waals surface area contributed by atoms with E-state index in [4.69, 9.17) is 10.8 Å². The molecular weight excluding hydrogens is 274 g/mol. The fourth-order valence-corrected chi connectivity index (χ4v) is 2.39. The zero-order valence-corrected chi connectivity index (χ0v) is 14.8. The summed E-state index contributed by atoms with van der Waals surface area (Å²) >= 11 is 0. The molecular formula is C19H39NO2. The molecule has 0 radical (unpaired) electrons. The second-order valence-electron chi connectivity index (χ2n) is 6.72. The second-order valence-corrected chi connectivity index (χ2v) is 6.72. The molecule has 22 heavy (non-hydrogen) atoms. The third kappa shape index (κ3) is 21.7. The molecule has 1 saturated carbocycles. The molecule has 3 nitrogen and oxygen atoms in total. The molecule has 0 bridgehead atoms. The molecule has 0 aromatic heterocycles. The summed E-state index contributed by atoms with van der Waals surface area (Å²) in [5.41, 5.74) is 5.22. The van der Waals surface area contributed by atoms with Crippen molar-refractivity contribution in [3.63, 3.8) is 0 Å². The van der Waals surface area contributed by atoms with Gasteiger partial charge in [0.05, 0.1) is 0 Å². The summed E-state index contributed by atoms with van der Waals surface area (Å²) in [6, 6.07) is 0.583. The molecule has 3 N–H and O–H groups in total. The van der Waals surface area contributed by atoms with Gasteiger partial charge in [-0.25, -0.2) is 0 Å². The van der Waals surface area contributed by atoms with Gasteiger partial charge in [-0.1, -0.05) is 84.0 Å². The number of carboxylic acids is 1.